The zero-order valence-corrected chi connectivity index (χ0v) is 13.9. The minimum Gasteiger partial charge on any atom is -0.497 e. The average Bonchev–Trinajstić information content (AvgIpc) is 3.12. The summed E-state index contributed by atoms with van der Waals surface area (Å²) >= 11 is 0. The predicted octanol–water partition coefficient (Wildman–Crippen LogP) is 2.31. The van der Waals surface area contributed by atoms with Gasteiger partial charge in [0.2, 0.25) is 0 Å². The van der Waals surface area contributed by atoms with Gasteiger partial charge >= 0.3 is 0 Å². The van der Waals surface area contributed by atoms with E-state index in [4.69, 9.17) is 9.15 Å². The van der Waals surface area contributed by atoms with Crippen molar-refractivity contribution in [3.63, 3.8) is 0 Å². The third-order valence-electron chi connectivity index (χ3n) is 4.51. The smallest absolute Gasteiger partial charge is 0.258 e. The summed E-state index contributed by atoms with van der Waals surface area (Å²) in [6.45, 7) is 5.53. The molecule has 7 nitrogen and oxygen atoms in total. The summed E-state index contributed by atoms with van der Waals surface area (Å²) in [6, 6.07) is 5.50. The summed E-state index contributed by atoms with van der Waals surface area (Å²) < 4.78 is 13.1. The fourth-order valence-corrected chi connectivity index (χ4v) is 3.23. The van der Waals surface area contributed by atoms with Crippen LogP contribution >= 0.6 is 0 Å². The Balaban J connectivity index is 1.72. The Bertz CT molecular complexity index is 941. The monoisotopic (exact) mass is 326 g/mol. The number of methoxy groups -OCH3 is 1. The van der Waals surface area contributed by atoms with Gasteiger partial charge in [0, 0.05) is 18.5 Å². The van der Waals surface area contributed by atoms with E-state index in [0.29, 0.717) is 42.3 Å². The van der Waals surface area contributed by atoms with Crippen LogP contribution in [0.15, 0.2) is 22.6 Å². The van der Waals surface area contributed by atoms with E-state index >= 15 is 0 Å². The van der Waals surface area contributed by atoms with E-state index in [1.165, 1.54) is 0 Å². The van der Waals surface area contributed by atoms with E-state index in [-0.39, 0.29) is 5.91 Å². The molecule has 0 N–H and O–H groups in total. The van der Waals surface area contributed by atoms with Crippen LogP contribution < -0.4 is 4.74 Å². The van der Waals surface area contributed by atoms with Crippen LogP contribution in [-0.4, -0.2) is 39.2 Å². The number of aryl methyl sites for hydroxylation is 2. The molecule has 7 heteroatoms. The number of amides is 1. The average molecular weight is 326 g/mol. The van der Waals surface area contributed by atoms with Gasteiger partial charge in [0.15, 0.2) is 5.82 Å². The summed E-state index contributed by atoms with van der Waals surface area (Å²) in [5, 5.41) is 9.02. The number of nitrogens with zero attached hydrogens (tertiary/aromatic N) is 4. The van der Waals surface area contributed by atoms with Gasteiger partial charge in [0.25, 0.3) is 5.91 Å². The van der Waals surface area contributed by atoms with Crippen molar-refractivity contribution in [1.82, 2.24) is 19.7 Å². The number of rotatable bonds is 2. The Morgan fingerprint density at radius 2 is 2.08 bits per heavy atom. The van der Waals surface area contributed by atoms with Crippen molar-refractivity contribution in [2.24, 2.45) is 0 Å². The molecule has 0 fully saturated rings. The van der Waals surface area contributed by atoms with E-state index in [0.717, 1.165) is 17.0 Å². The number of carbonyl (C=O) groups excluding carboxylic acids is 1. The SMILES string of the molecule is COc1ccc2oc(C)c(C(=O)N3CCn4c(C)nnc4C3)c2c1. The highest BCUT2D eigenvalue weighted by Crippen LogP contribution is 2.30. The molecular weight excluding hydrogens is 308 g/mol. The minimum atomic E-state index is -0.0496. The quantitative estimate of drug-likeness (QED) is 0.722. The fraction of sp³-hybridized carbons (Fsp3) is 0.353. The topological polar surface area (TPSA) is 73.4 Å². The van der Waals surface area contributed by atoms with Crippen LogP contribution in [0.4, 0.5) is 0 Å². The van der Waals surface area contributed by atoms with Crippen LogP contribution in [0.2, 0.25) is 0 Å². The third-order valence-corrected chi connectivity index (χ3v) is 4.51. The second-order valence-corrected chi connectivity index (χ2v) is 5.94. The molecular formula is C17H18N4O3. The first-order valence-corrected chi connectivity index (χ1v) is 7.83. The molecule has 0 atom stereocenters. The van der Waals surface area contributed by atoms with Crippen LogP contribution in [0.5, 0.6) is 5.75 Å². The van der Waals surface area contributed by atoms with E-state index in [9.17, 15) is 4.79 Å². The number of ether oxygens (including phenoxy) is 1. The van der Waals surface area contributed by atoms with E-state index in [1.807, 2.05) is 36.6 Å². The molecule has 0 unspecified atom stereocenters. The highest BCUT2D eigenvalue weighted by molar-refractivity contribution is 6.07. The van der Waals surface area contributed by atoms with Crippen molar-refractivity contribution >= 4 is 16.9 Å². The molecule has 24 heavy (non-hydrogen) atoms. The Kier molecular flexibility index (Phi) is 3.30. The molecule has 4 rings (SSSR count). The molecule has 0 saturated carbocycles. The maximum absolute atomic E-state index is 13.1. The van der Waals surface area contributed by atoms with Gasteiger partial charge < -0.3 is 18.6 Å². The van der Waals surface area contributed by atoms with Gasteiger partial charge in [0.05, 0.1) is 19.2 Å². The van der Waals surface area contributed by atoms with E-state index in [2.05, 4.69) is 10.2 Å². The number of furan rings is 1. The minimum absolute atomic E-state index is 0.0496. The van der Waals surface area contributed by atoms with Gasteiger partial charge in [-0.1, -0.05) is 0 Å². The summed E-state index contributed by atoms with van der Waals surface area (Å²) in [5.74, 6) is 2.96. The van der Waals surface area contributed by atoms with Gasteiger partial charge in [-0.15, -0.1) is 10.2 Å². The Morgan fingerprint density at radius 1 is 1.25 bits per heavy atom. The first-order chi connectivity index (χ1) is 11.6. The molecule has 0 saturated heterocycles. The molecule has 0 radical (unpaired) electrons. The van der Waals surface area contributed by atoms with Gasteiger partial charge in [-0.3, -0.25) is 4.79 Å². The number of benzene rings is 1. The fourth-order valence-electron chi connectivity index (χ4n) is 3.23. The highest BCUT2D eigenvalue weighted by Gasteiger charge is 2.28. The summed E-state index contributed by atoms with van der Waals surface area (Å²) in [4.78, 5) is 14.9. The molecule has 1 aromatic carbocycles. The van der Waals surface area contributed by atoms with Crippen LogP contribution in [0.25, 0.3) is 11.0 Å². The lowest BCUT2D eigenvalue weighted by molar-refractivity contribution is 0.0706. The maximum atomic E-state index is 13.1. The first-order valence-electron chi connectivity index (χ1n) is 7.83. The summed E-state index contributed by atoms with van der Waals surface area (Å²) in [6.07, 6.45) is 0. The zero-order chi connectivity index (χ0) is 16.8. The molecule has 0 aliphatic carbocycles. The Morgan fingerprint density at radius 3 is 2.88 bits per heavy atom. The van der Waals surface area contributed by atoms with Crippen LogP contribution in [0, 0.1) is 13.8 Å². The van der Waals surface area contributed by atoms with E-state index in [1.54, 1.807) is 12.0 Å². The Labute approximate surface area is 138 Å². The molecule has 1 aliphatic heterocycles. The molecule has 124 valence electrons. The second kappa shape index (κ2) is 5.36. The summed E-state index contributed by atoms with van der Waals surface area (Å²) in [5.41, 5.74) is 1.28. The lowest BCUT2D eigenvalue weighted by atomic mass is 10.1. The van der Waals surface area contributed by atoms with Crippen molar-refractivity contribution in [3.05, 3.63) is 41.2 Å². The molecule has 0 bridgehead atoms. The molecule has 0 spiro atoms. The number of hydrogen-bond acceptors (Lipinski definition) is 5. The maximum Gasteiger partial charge on any atom is 0.258 e. The highest BCUT2D eigenvalue weighted by atomic mass is 16.5. The molecule has 2 aromatic heterocycles. The number of fused-ring (bicyclic) bond motifs is 2. The van der Waals surface area contributed by atoms with Crippen molar-refractivity contribution in [1.29, 1.82) is 0 Å². The first kappa shape index (κ1) is 14.7. The third kappa shape index (κ3) is 2.16. The molecule has 3 heterocycles. The lowest BCUT2D eigenvalue weighted by Crippen LogP contribution is -2.38. The summed E-state index contributed by atoms with van der Waals surface area (Å²) in [7, 11) is 1.61. The standard InChI is InChI=1S/C17H18N4O3/c1-10-16(13-8-12(23-3)4-5-14(13)24-10)17(22)20-6-7-21-11(2)18-19-15(21)9-20/h4-5,8H,6-7,9H2,1-3H3. The largest absolute Gasteiger partial charge is 0.497 e. The number of hydrogen-bond donors (Lipinski definition) is 0. The molecule has 1 amide bonds. The van der Waals surface area contributed by atoms with Gasteiger partial charge in [0.1, 0.15) is 22.9 Å². The van der Waals surface area contributed by atoms with Gasteiger partial charge in [-0.2, -0.15) is 0 Å². The molecule has 3 aromatic rings. The van der Waals surface area contributed by atoms with Crippen molar-refractivity contribution < 1.29 is 13.9 Å². The van der Waals surface area contributed by atoms with Crippen LogP contribution in [0.1, 0.15) is 27.8 Å². The Hall–Kier alpha value is -2.83. The predicted molar refractivity (Wildman–Crippen MR) is 87.0 cm³/mol. The second-order valence-electron chi connectivity index (χ2n) is 5.94. The van der Waals surface area contributed by atoms with Crippen LogP contribution in [0.3, 0.4) is 0 Å². The van der Waals surface area contributed by atoms with Gasteiger partial charge in [-0.05, 0) is 32.0 Å². The number of aromatic nitrogens is 3. The van der Waals surface area contributed by atoms with Crippen molar-refractivity contribution in [2.75, 3.05) is 13.7 Å². The van der Waals surface area contributed by atoms with Crippen LogP contribution in [-0.2, 0) is 13.1 Å². The van der Waals surface area contributed by atoms with Gasteiger partial charge in [-0.25, -0.2) is 0 Å². The zero-order valence-electron chi connectivity index (χ0n) is 13.9. The normalized spacial score (nSPS) is 14.0. The van der Waals surface area contributed by atoms with E-state index < -0.39 is 0 Å². The van der Waals surface area contributed by atoms with Crippen molar-refractivity contribution in [2.45, 2.75) is 26.9 Å². The van der Waals surface area contributed by atoms with Crippen molar-refractivity contribution in [3.8, 4) is 5.75 Å². The lowest BCUT2D eigenvalue weighted by Gasteiger charge is -2.27. The molecule has 1 aliphatic rings. The number of carbonyl (C=O) groups is 1.